The van der Waals surface area contributed by atoms with Crippen LogP contribution in [0.4, 0.5) is 13.2 Å². The Kier molecular flexibility index (Phi) is 8.02. The standard InChI is InChI=1S/C29H27ClF3NO4/c1-28(15-20-5-9-24(30)10-6-20)16-22-13-19(7-11-25(22)38-28)8-12-26(35)34(18-27(36)37)17-21-3-2-4-23(14-21)29(31,32)33/h2-7,9-11,13-14H,8,12,15-18H2,1H3,(H,36,37)/t28-/m1/s1. The van der Waals surface area contributed by atoms with Crippen LogP contribution in [0.3, 0.4) is 0 Å². The lowest BCUT2D eigenvalue weighted by molar-refractivity contribution is -0.145. The fourth-order valence-electron chi connectivity index (χ4n) is 4.73. The highest BCUT2D eigenvalue weighted by atomic mass is 35.5. The SMILES string of the molecule is C[C@@]1(Cc2ccc(Cl)cc2)Cc2cc(CCC(=O)N(CC(=O)O)Cc3cccc(C(F)(F)F)c3)ccc2O1. The zero-order chi connectivity index (χ0) is 27.5. The van der Waals surface area contributed by atoms with Gasteiger partial charge in [-0.25, -0.2) is 0 Å². The number of alkyl halides is 3. The van der Waals surface area contributed by atoms with Crippen molar-refractivity contribution in [2.75, 3.05) is 6.54 Å². The van der Waals surface area contributed by atoms with Crippen LogP contribution in [0, 0.1) is 0 Å². The third-order valence-corrected chi connectivity index (χ3v) is 6.72. The van der Waals surface area contributed by atoms with E-state index in [0.29, 0.717) is 24.3 Å². The van der Waals surface area contributed by atoms with E-state index in [-0.39, 0.29) is 18.5 Å². The van der Waals surface area contributed by atoms with Crippen LogP contribution in [0.5, 0.6) is 5.75 Å². The predicted octanol–water partition coefficient (Wildman–Crippen LogP) is 6.34. The molecule has 38 heavy (non-hydrogen) atoms. The Morgan fingerprint density at radius 3 is 2.42 bits per heavy atom. The summed E-state index contributed by atoms with van der Waals surface area (Å²) in [5.41, 5.74) is 1.97. The monoisotopic (exact) mass is 545 g/mol. The van der Waals surface area contributed by atoms with Gasteiger partial charge in [0, 0.05) is 30.8 Å². The van der Waals surface area contributed by atoms with Gasteiger partial charge in [-0.2, -0.15) is 13.2 Å². The number of carbonyl (C=O) groups excluding carboxylic acids is 1. The molecule has 0 aliphatic carbocycles. The minimum Gasteiger partial charge on any atom is -0.487 e. The number of ether oxygens (including phenoxy) is 1. The quantitative estimate of drug-likeness (QED) is 0.341. The summed E-state index contributed by atoms with van der Waals surface area (Å²) in [6.45, 7) is 1.22. The molecule has 0 fully saturated rings. The number of carbonyl (C=O) groups is 2. The van der Waals surface area contributed by atoms with Crippen LogP contribution >= 0.6 is 11.6 Å². The third-order valence-electron chi connectivity index (χ3n) is 6.47. The Balaban J connectivity index is 1.40. The number of aryl methyl sites for hydroxylation is 1. The lowest BCUT2D eigenvalue weighted by Gasteiger charge is -2.24. The summed E-state index contributed by atoms with van der Waals surface area (Å²) in [6.07, 6.45) is -2.76. The molecule has 0 saturated heterocycles. The van der Waals surface area contributed by atoms with Crippen molar-refractivity contribution >= 4 is 23.5 Å². The van der Waals surface area contributed by atoms with Crippen LogP contribution in [-0.2, 0) is 41.6 Å². The van der Waals surface area contributed by atoms with E-state index < -0.39 is 35.8 Å². The second kappa shape index (κ2) is 11.1. The number of carboxylic acid groups (broad SMARTS) is 1. The molecule has 0 unspecified atom stereocenters. The maximum atomic E-state index is 13.1. The van der Waals surface area contributed by atoms with Crippen LogP contribution in [0.2, 0.25) is 5.02 Å². The lowest BCUT2D eigenvalue weighted by Crippen LogP contribution is -2.35. The van der Waals surface area contributed by atoms with Crippen molar-refractivity contribution in [3.8, 4) is 5.75 Å². The smallest absolute Gasteiger partial charge is 0.416 e. The summed E-state index contributed by atoms with van der Waals surface area (Å²) in [4.78, 5) is 25.3. The number of rotatable bonds is 9. The normalized spacial score (nSPS) is 16.6. The van der Waals surface area contributed by atoms with Crippen molar-refractivity contribution in [1.82, 2.24) is 4.90 Å². The molecule has 4 rings (SSSR count). The van der Waals surface area contributed by atoms with Crippen molar-refractivity contribution < 1.29 is 32.6 Å². The molecule has 1 N–H and O–H groups in total. The van der Waals surface area contributed by atoms with Crippen LogP contribution in [0.25, 0.3) is 0 Å². The molecule has 1 heterocycles. The summed E-state index contributed by atoms with van der Waals surface area (Å²) in [5.74, 6) is -0.900. The highest BCUT2D eigenvalue weighted by molar-refractivity contribution is 6.30. The Morgan fingerprint density at radius 1 is 1.03 bits per heavy atom. The maximum absolute atomic E-state index is 13.1. The first-order chi connectivity index (χ1) is 17.9. The van der Waals surface area contributed by atoms with Crippen LogP contribution in [0.1, 0.15) is 41.2 Å². The summed E-state index contributed by atoms with van der Waals surface area (Å²) in [6, 6.07) is 17.9. The van der Waals surface area contributed by atoms with E-state index in [1.165, 1.54) is 12.1 Å². The summed E-state index contributed by atoms with van der Waals surface area (Å²) >= 11 is 5.98. The first-order valence-electron chi connectivity index (χ1n) is 12.1. The van der Waals surface area contributed by atoms with Crippen molar-refractivity contribution in [3.05, 3.63) is 99.6 Å². The third kappa shape index (κ3) is 7.07. The number of amides is 1. The van der Waals surface area contributed by atoms with Crippen molar-refractivity contribution in [2.24, 2.45) is 0 Å². The van der Waals surface area contributed by atoms with E-state index in [4.69, 9.17) is 16.3 Å². The number of hydrogen-bond donors (Lipinski definition) is 1. The summed E-state index contributed by atoms with van der Waals surface area (Å²) in [5, 5.41) is 9.93. The first-order valence-corrected chi connectivity index (χ1v) is 12.5. The van der Waals surface area contributed by atoms with Crippen LogP contribution in [0.15, 0.2) is 66.7 Å². The molecule has 0 radical (unpaired) electrons. The van der Waals surface area contributed by atoms with Crippen molar-refractivity contribution in [3.63, 3.8) is 0 Å². The lowest BCUT2D eigenvalue weighted by atomic mass is 9.91. The zero-order valence-corrected chi connectivity index (χ0v) is 21.5. The molecule has 3 aromatic rings. The molecule has 1 atom stereocenters. The van der Waals surface area contributed by atoms with Crippen molar-refractivity contribution in [1.29, 1.82) is 0 Å². The summed E-state index contributed by atoms with van der Waals surface area (Å²) in [7, 11) is 0. The Hall–Kier alpha value is -3.52. The fraction of sp³-hybridized carbons (Fsp3) is 0.310. The van der Waals surface area contributed by atoms with E-state index in [0.717, 1.165) is 39.5 Å². The van der Waals surface area contributed by atoms with E-state index in [9.17, 15) is 27.9 Å². The Bertz CT molecular complexity index is 1330. The van der Waals surface area contributed by atoms with Gasteiger partial charge in [-0.3, -0.25) is 9.59 Å². The Morgan fingerprint density at radius 2 is 1.74 bits per heavy atom. The topological polar surface area (TPSA) is 66.8 Å². The number of fused-ring (bicyclic) bond motifs is 1. The molecule has 0 saturated carbocycles. The average molecular weight is 546 g/mol. The molecule has 1 aliphatic heterocycles. The largest absolute Gasteiger partial charge is 0.487 e. The number of nitrogens with zero attached hydrogens (tertiary/aromatic N) is 1. The molecule has 9 heteroatoms. The van der Waals surface area contributed by atoms with Gasteiger partial charge in [-0.1, -0.05) is 48.0 Å². The number of aliphatic carboxylic acids is 1. The molecule has 0 aromatic heterocycles. The fourth-order valence-corrected chi connectivity index (χ4v) is 4.86. The van der Waals surface area contributed by atoms with Gasteiger partial charge in [0.15, 0.2) is 0 Å². The number of hydrogen-bond acceptors (Lipinski definition) is 3. The number of carboxylic acids is 1. The molecule has 1 amide bonds. The van der Waals surface area contributed by atoms with Gasteiger partial charge in [-0.15, -0.1) is 0 Å². The maximum Gasteiger partial charge on any atom is 0.416 e. The van der Waals surface area contributed by atoms with Crippen molar-refractivity contribution in [2.45, 2.75) is 50.9 Å². The zero-order valence-electron chi connectivity index (χ0n) is 20.7. The van der Waals surface area contributed by atoms with Gasteiger partial charge >= 0.3 is 12.1 Å². The van der Waals surface area contributed by atoms with Gasteiger partial charge in [0.2, 0.25) is 5.91 Å². The van der Waals surface area contributed by atoms with Gasteiger partial charge in [0.25, 0.3) is 0 Å². The highest BCUT2D eigenvalue weighted by Gasteiger charge is 2.35. The molecule has 1 aliphatic rings. The average Bonchev–Trinajstić information content (AvgIpc) is 3.18. The number of benzene rings is 3. The second-order valence-corrected chi connectivity index (χ2v) is 10.3. The molecular weight excluding hydrogens is 519 g/mol. The first kappa shape index (κ1) is 27.5. The predicted molar refractivity (Wildman–Crippen MR) is 137 cm³/mol. The molecule has 0 spiro atoms. The molecule has 3 aromatic carbocycles. The van der Waals surface area contributed by atoms with Crippen LogP contribution < -0.4 is 4.74 Å². The van der Waals surface area contributed by atoms with E-state index in [1.807, 2.05) is 49.4 Å². The minimum absolute atomic E-state index is 0.0218. The number of halogens is 4. The Labute approximate surface area is 223 Å². The molecule has 0 bridgehead atoms. The second-order valence-electron chi connectivity index (χ2n) is 9.82. The van der Waals surface area contributed by atoms with Gasteiger partial charge < -0.3 is 14.7 Å². The van der Waals surface area contributed by atoms with E-state index in [1.54, 1.807) is 0 Å². The summed E-state index contributed by atoms with van der Waals surface area (Å²) < 4.78 is 45.4. The highest BCUT2D eigenvalue weighted by Crippen LogP contribution is 2.38. The molecule has 200 valence electrons. The van der Waals surface area contributed by atoms with E-state index in [2.05, 4.69) is 0 Å². The van der Waals surface area contributed by atoms with Gasteiger partial charge in [-0.05, 0) is 65.9 Å². The van der Waals surface area contributed by atoms with E-state index >= 15 is 0 Å². The van der Waals surface area contributed by atoms with Crippen LogP contribution in [-0.4, -0.2) is 34.0 Å². The molecular formula is C29H27ClF3NO4. The van der Waals surface area contributed by atoms with Gasteiger partial charge in [0.05, 0.1) is 5.56 Å². The minimum atomic E-state index is -4.53. The molecule has 5 nitrogen and oxygen atoms in total. The van der Waals surface area contributed by atoms with Gasteiger partial charge in [0.1, 0.15) is 17.9 Å².